The fourth-order valence-corrected chi connectivity index (χ4v) is 3.15. The molecule has 0 aliphatic rings. The van der Waals surface area contributed by atoms with Crippen molar-refractivity contribution in [3.05, 3.63) is 95.3 Å². The second kappa shape index (κ2) is 8.48. The highest BCUT2D eigenvalue weighted by molar-refractivity contribution is 5.94. The van der Waals surface area contributed by atoms with E-state index < -0.39 is 5.97 Å². The Hall–Kier alpha value is -4.13. The molecule has 4 N–H and O–H groups in total. The van der Waals surface area contributed by atoms with E-state index in [4.69, 9.17) is 5.11 Å². The number of carboxylic acids is 1. The molecule has 2 aromatic heterocycles. The second-order valence-corrected chi connectivity index (χ2v) is 6.87. The fraction of sp³-hybridized carbons (Fsp3) is 0.0870. The number of H-pyrrole nitrogens is 1. The average molecular weight is 400 g/mol. The number of fused-ring (bicyclic) bond motifs is 1. The van der Waals surface area contributed by atoms with Crippen LogP contribution < -0.4 is 10.6 Å². The van der Waals surface area contributed by atoms with E-state index in [1.54, 1.807) is 24.4 Å². The summed E-state index contributed by atoms with van der Waals surface area (Å²) in [4.78, 5) is 30.3. The van der Waals surface area contributed by atoms with Crippen molar-refractivity contribution in [1.82, 2.24) is 15.3 Å². The summed E-state index contributed by atoms with van der Waals surface area (Å²) < 4.78 is 0. The molecule has 7 nitrogen and oxygen atoms in total. The van der Waals surface area contributed by atoms with E-state index in [0.717, 1.165) is 22.2 Å². The molecule has 2 heterocycles. The molecule has 2 aromatic carbocycles. The third-order valence-corrected chi connectivity index (χ3v) is 4.68. The Bertz CT molecular complexity index is 1200. The zero-order chi connectivity index (χ0) is 20.9. The number of rotatable bonds is 7. The first kappa shape index (κ1) is 19.2. The minimum Gasteiger partial charge on any atom is -0.477 e. The Labute approximate surface area is 172 Å². The Kier molecular flexibility index (Phi) is 5.43. The molecule has 0 fully saturated rings. The highest BCUT2D eigenvalue weighted by atomic mass is 16.4. The number of carbonyl (C=O) groups excluding carboxylic acids is 1. The predicted molar refractivity (Wildman–Crippen MR) is 114 cm³/mol. The van der Waals surface area contributed by atoms with Crippen LogP contribution in [0.5, 0.6) is 0 Å². The number of hydrogen-bond acceptors (Lipinski definition) is 4. The number of carboxylic acid groups (broad SMARTS) is 1. The zero-order valence-electron chi connectivity index (χ0n) is 16.1. The van der Waals surface area contributed by atoms with Gasteiger partial charge in [0, 0.05) is 24.0 Å². The van der Waals surface area contributed by atoms with Crippen LogP contribution in [0.25, 0.3) is 11.0 Å². The SMILES string of the molecule is O=C(NCc1cccc(CNc2cnc3[nH]c(C(=O)O)cc3c2)c1)c1ccccc1. The largest absolute Gasteiger partial charge is 0.477 e. The van der Waals surface area contributed by atoms with Crippen LogP contribution >= 0.6 is 0 Å². The molecule has 0 aliphatic carbocycles. The molecule has 0 saturated carbocycles. The number of aromatic amines is 1. The molecule has 4 rings (SSSR count). The van der Waals surface area contributed by atoms with Gasteiger partial charge >= 0.3 is 5.97 Å². The Morgan fingerprint density at radius 2 is 1.70 bits per heavy atom. The molecule has 7 heteroatoms. The van der Waals surface area contributed by atoms with E-state index in [0.29, 0.717) is 24.3 Å². The van der Waals surface area contributed by atoms with Gasteiger partial charge in [-0.25, -0.2) is 9.78 Å². The maximum atomic E-state index is 12.2. The van der Waals surface area contributed by atoms with Crippen LogP contribution in [0.1, 0.15) is 32.0 Å². The van der Waals surface area contributed by atoms with Gasteiger partial charge in [-0.15, -0.1) is 0 Å². The molecular weight excluding hydrogens is 380 g/mol. The van der Waals surface area contributed by atoms with Crippen LogP contribution in [0.15, 0.2) is 72.9 Å². The predicted octanol–water partition coefficient (Wildman–Crippen LogP) is 3.80. The van der Waals surface area contributed by atoms with Gasteiger partial charge in [0.25, 0.3) is 5.91 Å². The van der Waals surface area contributed by atoms with E-state index in [2.05, 4.69) is 20.6 Å². The molecule has 0 bridgehead atoms. The highest BCUT2D eigenvalue weighted by Gasteiger charge is 2.09. The lowest BCUT2D eigenvalue weighted by atomic mass is 10.1. The Morgan fingerprint density at radius 3 is 2.47 bits per heavy atom. The lowest BCUT2D eigenvalue weighted by Crippen LogP contribution is -2.22. The monoisotopic (exact) mass is 400 g/mol. The summed E-state index contributed by atoms with van der Waals surface area (Å²) in [5.74, 6) is -1.12. The van der Waals surface area contributed by atoms with Crippen LogP contribution in [0.4, 0.5) is 5.69 Å². The number of hydrogen-bond donors (Lipinski definition) is 4. The molecule has 150 valence electrons. The van der Waals surface area contributed by atoms with Crippen LogP contribution in [-0.2, 0) is 13.1 Å². The van der Waals surface area contributed by atoms with Gasteiger partial charge in [-0.1, -0.05) is 42.5 Å². The molecule has 0 atom stereocenters. The zero-order valence-corrected chi connectivity index (χ0v) is 16.1. The first-order valence-corrected chi connectivity index (χ1v) is 9.45. The number of aromatic carboxylic acids is 1. The minimum absolute atomic E-state index is 0.106. The van der Waals surface area contributed by atoms with E-state index in [1.807, 2.05) is 48.5 Å². The molecule has 30 heavy (non-hydrogen) atoms. The summed E-state index contributed by atoms with van der Waals surface area (Å²) in [6, 6.07) is 20.5. The van der Waals surface area contributed by atoms with Crippen molar-refractivity contribution >= 4 is 28.6 Å². The summed E-state index contributed by atoms with van der Waals surface area (Å²) in [6.45, 7) is 1.01. The molecule has 0 saturated heterocycles. The number of nitrogens with one attached hydrogen (secondary N) is 3. The summed E-state index contributed by atoms with van der Waals surface area (Å²) in [5.41, 5.74) is 4.13. The Balaban J connectivity index is 1.38. The van der Waals surface area contributed by atoms with Crippen molar-refractivity contribution in [2.75, 3.05) is 5.32 Å². The van der Waals surface area contributed by atoms with Crippen molar-refractivity contribution in [3.63, 3.8) is 0 Å². The van der Waals surface area contributed by atoms with Gasteiger partial charge in [0.05, 0.1) is 11.9 Å². The molecule has 0 unspecified atom stereocenters. The van der Waals surface area contributed by atoms with Crippen LogP contribution in [-0.4, -0.2) is 27.0 Å². The summed E-state index contributed by atoms with van der Waals surface area (Å²) in [5, 5.41) is 16.0. The van der Waals surface area contributed by atoms with Crippen molar-refractivity contribution < 1.29 is 14.7 Å². The third-order valence-electron chi connectivity index (χ3n) is 4.68. The summed E-state index contributed by atoms with van der Waals surface area (Å²) in [7, 11) is 0. The van der Waals surface area contributed by atoms with Gasteiger partial charge in [0.2, 0.25) is 0 Å². The quantitative estimate of drug-likeness (QED) is 0.377. The van der Waals surface area contributed by atoms with E-state index in [9.17, 15) is 9.59 Å². The molecule has 1 amide bonds. The van der Waals surface area contributed by atoms with Gasteiger partial charge in [-0.3, -0.25) is 4.79 Å². The lowest BCUT2D eigenvalue weighted by molar-refractivity contribution is 0.0691. The average Bonchev–Trinajstić information content (AvgIpc) is 3.21. The first-order valence-electron chi connectivity index (χ1n) is 9.45. The summed E-state index contributed by atoms with van der Waals surface area (Å²) in [6.07, 6.45) is 1.66. The van der Waals surface area contributed by atoms with Crippen LogP contribution in [0.2, 0.25) is 0 Å². The van der Waals surface area contributed by atoms with Crippen molar-refractivity contribution in [1.29, 1.82) is 0 Å². The van der Waals surface area contributed by atoms with Crippen molar-refractivity contribution in [2.24, 2.45) is 0 Å². The number of carbonyl (C=O) groups is 2. The van der Waals surface area contributed by atoms with Gasteiger partial charge in [0.15, 0.2) is 0 Å². The lowest BCUT2D eigenvalue weighted by Gasteiger charge is -2.09. The number of nitrogens with zero attached hydrogens (tertiary/aromatic N) is 1. The molecule has 0 radical (unpaired) electrons. The van der Waals surface area contributed by atoms with Gasteiger partial charge in [-0.2, -0.15) is 0 Å². The topological polar surface area (TPSA) is 107 Å². The first-order chi connectivity index (χ1) is 14.6. The van der Waals surface area contributed by atoms with Crippen molar-refractivity contribution in [2.45, 2.75) is 13.1 Å². The third kappa shape index (κ3) is 4.47. The number of pyridine rings is 1. The van der Waals surface area contributed by atoms with E-state index in [1.165, 1.54) is 0 Å². The van der Waals surface area contributed by atoms with E-state index in [-0.39, 0.29) is 11.6 Å². The normalized spacial score (nSPS) is 10.7. The number of anilines is 1. The number of aromatic nitrogens is 2. The molecule has 0 spiro atoms. The Morgan fingerprint density at radius 1 is 0.933 bits per heavy atom. The molecule has 0 aliphatic heterocycles. The number of amides is 1. The maximum absolute atomic E-state index is 12.2. The smallest absolute Gasteiger partial charge is 0.352 e. The van der Waals surface area contributed by atoms with E-state index >= 15 is 0 Å². The van der Waals surface area contributed by atoms with Crippen molar-refractivity contribution in [3.8, 4) is 0 Å². The minimum atomic E-state index is -1.02. The second-order valence-electron chi connectivity index (χ2n) is 6.87. The van der Waals surface area contributed by atoms with Crippen LogP contribution in [0.3, 0.4) is 0 Å². The molecular formula is C23H20N4O3. The standard InChI is InChI=1S/C23H20N4O3/c28-22(17-7-2-1-3-8-17)26-13-16-6-4-5-15(9-16)12-24-19-10-18-11-20(23(29)30)27-21(18)25-14-19/h1-11,14,24H,12-13H2,(H,25,27)(H,26,28)(H,29,30). The van der Waals surface area contributed by atoms with Gasteiger partial charge < -0.3 is 20.7 Å². The molecule has 4 aromatic rings. The van der Waals surface area contributed by atoms with Crippen LogP contribution in [0, 0.1) is 0 Å². The summed E-state index contributed by atoms with van der Waals surface area (Å²) >= 11 is 0. The fourth-order valence-electron chi connectivity index (χ4n) is 3.15. The van der Waals surface area contributed by atoms with Gasteiger partial charge in [0.1, 0.15) is 11.3 Å². The van der Waals surface area contributed by atoms with Gasteiger partial charge in [-0.05, 0) is 35.4 Å². The number of benzene rings is 2. The highest BCUT2D eigenvalue weighted by Crippen LogP contribution is 2.18. The maximum Gasteiger partial charge on any atom is 0.352 e.